The maximum Gasteiger partial charge on any atom is 0.471 e. The number of benzene rings is 1. The average Bonchev–Trinajstić information content (AvgIpc) is 2.63. The molecule has 0 aliphatic rings. The van der Waals surface area contributed by atoms with Gasteiger partial charge in [-0.1, -0.05) is 24.8 Å². The number of amides is 1. The first-order valence-electron chi connectivity index (χ1n) is 8.56. The van der Waals surface area contributed by atoms with E-state index in [1.54, 1.807) is 31.3 Å². The number of phenols is 1. The Morgan fingerprint density at radius 3 is 2.47 bits per heavy atom. The van der Waals surface area contributed by atoms with E-state index < -0.39 is 31.8 Å². The van der Waals surface area contributed by atoms with Gasteiger partial charge in [-0.15, -0.1) is 0 Å². The Morgan fingerprint density at radius 2 is 1.93 bits per heavy atom. The Bertz CT molecular complexity index is 902. The van der Waals surface area contributed by atoms with Crippen LogP contribution in [0.3, 0.4) is 0 Å². The first kappa shape index (κ1) is 25.6. The monoisotopic (exact) mass is 449 g/mol. The Kier molecular flexibility index (Phi) is 9.05. The first-order chi connectivity index (χ1) is 13.7. The summed E-state index contributed by atoms with van der Waals surface area (Å²) in [5.74, 6) is -2.72. The molecule has 11 heteroatoms. The molecule has 0 unspecified atom stereocenters. The molecule has 0 heterocycles. The van der Waals surface area contributed by atoms with Gasteiger partial charge in [0.05, 0.1) is 12.3 Å². The number of alkyl halides is 3. The number of rotatable bonds is 9. The number of halogens is 3. The van der Waals surface area contributed by atoms with Crippen LogP contribution in [-0.2, 0) is 20.5 Å². The topological polar surface area (TPSA) is 116 Å². The zero-order chi connectivity index (χ0) is 23.1. The lowest BCUT2D eigenvalue weighted by Gasteiger charge is -2.15. The van der Waals surface area contributed by atoms with Crippen molar-refractivity contribution in [1.82, 2.24) is 0 Å². The number of hydrogen-bond acceptors (Lipinski definition) is 4. The van der Waals surface area contributed by atoms with Crippen LogP contribution in [0.1, 0.15) is 19.4 Å². The van der Waals surface area contributed by atoms with E-state index >= 15 is 0 Å². The summed E-state index contributed by atoms with van der Waals surface area (Å²) in [7, 11) is -4.28. The van der Waals surface area contributed by atoms with E-state index in [4.69, 9.17) is 14.5 Å². The van der Waals surface area contributed by atoms with Gasteiger partial charge in [0.2, 0.25) is 0 Å². The molecule has 1 rings (SSSR count). The minimum absolute atomic E-state index is 0.0622. The van der Waals surface area contributed by atoms with E-state index in [1.807, 2.05) is 0 Å². The fourth-order valence-electron chi connectivity index (χ4n) is 2.38. The molecule has 7 nitrogen and oxygen atoms in total. The zero-order valence-corrected chi connectivity index (χ0v) is 17.3. The van der Waals surface area contributed by atoms with Gasteiger partial charge in [-0.2, -0.15) is 13.2 Å². The van der Waals surface area contributed by atoms with E-state index in [1.165, 1.54) is 18.2 Å². The molecular weight excluding hydrogens is 426 g/mol. The van der Waals surface area contributed by atoms with Crippen LogP contribution in [0.4, 0.5) is 18.9 Å². The second kappa shape index (κ2) is 10.6. The highest BCUT2D eigenvalue weighted by Gasteiger charge is 2.39. The maximum absolute atomic E-state index is 12.5. The molecule has 1 aromatic carbocycles. The largest absolute Gasteiger partial charge is 0.506 e. The summed E-state index contributed by atoms with van der Waals surface area (Å²) in [5.41, 5.74) is 2.32. The number of hydrogen-bond donors (Lipinski definition) is 4. The highest BCUT2D eigenvalue weighted by Crippen LogP contribution is 2.34. The standard InChI is InChI=1S/C19H23F3NO6P/c1-4-12(2)15(13(3)7-8-29-11-30(26,27)28)9-14-5-6-17(24)16(10-14)23-18(25)19(20,21)22/h4-7,10,24H,1,8-9,11H2,2-3H3,(H,23,25)(H2,26,27,28)/b13-7-,15-12-. The van der Waals surface area contributed by atoms with E-state index in [2.05, 4.69) is 6.58 Å². The molecule has 0 aliphatic carbocycles. The highest BCUT2D eigenvalue weighted by molar-refractivity contribution is 7.51. The molecule has 0 radical (unpaired) electrons. The van der Waals surface area contributed by atoms with Crippen LogP contribution in [0.25, 0.3) is 0 Å². The van der Waals surface area contributed by atoms with Gasteiger partial charge in [-0.3, -0.25) is 9.36 Å². The summed E-state index contributed by atoms with van der Waals surface area (Å²) in [6.07, 6.45) is -2.41. The summed E-state index contributed by atoms with van der Waals surface area (Å²) >= 11 is 0. The molecule has 0 saturated carbocycles. The Hall–Kier alpha value is -2.39. The molecule has 0 atom stereocenters. The molecule has 0 aliphatic heterocycles. The van der Waals surface area contributed by atoms with Gasteiger partial charge in [0.15, 0.2) is 0 Å². The number of phenolic OH excluding ortho intramolecular Hbond substituents is 1. The SMILES string of the molecule is C=C/C(C)=C(Cc1ccc(O)c(NC(=O)C(F)(F)F)c1)\C(C)=C/COCP(=O)(O)O. The van der Waals surface area contributed by atoms with Gasteiger partial charge in [-0.25, -0.2) is 0 Å². The number of carbonyl (C=O) groups is 1. The molecule has 0 aromatic heterocycles. The predicted molar refractivity (Wildman–Crippen MR) is 106 cm³/mol. The van der Waals surface area contributed by atoms with E-state index in [0.29, 0.717) is 11.1 Å². The Labute approximate surface area is 171 Å². The molecule has 0 saturated heterocycles. The fourth-order valence-corrected chi connectivity index (χ4v) is 2.73. The van der Waals surface area contributed by atoms with Gasteiger partial charge < -0.3 is 24.9 Å². The molecule has 0 bridgehead atoms. The number of allylic oxidation sites excluding steroid dienone is 4. The van der Waals surface area contributed by atoms with Crippen LogP contribution >= 0.6 is 7.60 Å². The van der Waals surface area contributed by atoms with Gasteiger partial charge in [-0.05, 0) is 54.7 Å². The fraction of sp³-hybridized carbons (Fsp3) is 0.316. The lowest BCUT2D eigenvalue weighted by molar-refractivity contribution is -0.167. The van der Waals surface area contributed by atoms with Crippen molar-refractivity contribution >= 4 is 19.2 Å². The van der Waals surface area contributed by atoms with Crippen molar-refractivity contribution in [1.29, 1.82) is 0 Å². The second-order valence-corrected chi connectivity index (χ2v) is 7.99. The number of anilines is 1. The lowest BCUT2D eigenvalue weighted by atomic mass is 9.94. The summed E-state index contributed by atoms with van der Waals surface area (Å²) in [4.78, 5) is 28.7. The summed E-state index contributed by atoms with van der Waals surface area (Å²) in [6, 6.07) is 3.89. The van der Waals surface area contributed by atoms with Gasteiger partial charge in [0.1, 0.15) is 12.1 Å². The van der Waals surface area contributed by atoms with Crippen LogP contribution in [0.15, 0.2) is 53.6 Å². The van der Waals surface area contributed by atoms with Gasteiger partial charge in [0, 0.05) is 0 Å². The second-order valence-electron chi connectivity index (χ2n) is 6.40. The number of ether oxygens (including phenoxy) is 1. The van der Waals surface area contributed by atoms with Crippen molar-refractivity contribution in [3.05, 3.63) is 59.2 Å². The summed E-state index contributed by atoms with van der Waals surface area (Å²) in [5, 5.41) is 11.4. The van der Waals surface area contributed by atoms with Crippen molar-refractivity contribution in [2.24, 2.45) is 0 Å². The number of carbonyl (C=O) groups excluding carboxylic acids is 1. The van der Waals surface area contributed by atoms with E-state index in [9.17, 15) is 27.6 Å². The number of aromatic hydroxyl groups is 1. The third-order valence-corrected chi connectivity index (χ3v) is 4.49. The molecule has 1 amide bonds. The maximum atomic E-state index is 12.5. The van der Waals surface area contributed by atoms with Gasteiger partial charge >= 0.3 is 19.7 Å². The Morgan fingerprint density at radius 1 is 1.30 bits per heavy atom. The normalized spacial score (nSPS) is 13.6. The quantitative estimate of drug-likeness (QED) is 0.196. The molecule has 0 spiro atoms. The predicted octanol–water partition coefficient (Wildman–Crippen LogP) is 4.04. The average molecular weight is 449 g/mol. The zero-order valence-electron chi connectivity index (χ0n) is 16.4. The molecule has 30 heavy (non-hydrogen) atoms. The van der Waals surface area contributed by atoms with E-state index in [0.717, 1.165) is 11.1 Å². The third-order valence-electron chi connectivity index (χ3n) is 3.97. The lowest BCUT2D eigenvalue weighted by Crippen LogP contribution is -2.30. The summed E-state index contributed by atoms with van der Waals surface area (Å²) in [6.45, 7) is 7.13. The van der Waals surface area contributed by atoms with Crippen molar-refractivity contribution in [3.8, 4) is 5.75 Å². The molecule has 0 fully saturated rings. The van der Waals surface area contributed by atoms with Crippen LogP contribution in [0, 0.1) is 0 Å². The smallest absolute Gasteiger partial charge is 0.471 e. The van der Waals surface area contributed by atoms with Crippen molar-refractivity contribution in [3.63, 3.8) is 0 Å². The van der Waals surface area contributed by atoms with Crippen LogP contribution in [-0.4, -0.2) is 39.9 Å². The van der Waals surface area contributed by atoms with Crippen molar-refractivity contribution < 1.29 is 42.2 Å². The minimum Gasteiger partial charge on any atom is -0.506 e. The summed E-state index contributed by atoms with van der Waals surface area (Å²) < 4.78 is 53.2. The van der Waals surface area contributed by atoms with Crippen LogP contribution < -0.4 is 5.32 Å². The molecular formula is C19H23F3NO6P. The minimum atomic E-state index is -5.10. The molecule has 166 valence electrons. The van der Waals surface area contributed by atoms with Crippen LogP contribution in [0.2, 0.25) is 0 Å². The first-order valence-corrected chi connectivity index (χ1v) is 10.4. The highest BCUT2D eigenvalue weighted by atomic mass is 31.2. The van der Waals surface area contributed by atoms with Gasteiger partial charge in [0.25, 0.3) is 0 Å². The Balaban J connectivity index is 3.07. The molecule has 1 aromatic rings. The number of nitrogens with one attached hydrogen (secondary N) is 1. The van der Waals surface area contributed by atoms with E-state index in [-0.39, 0.29) is 18.7 Å². The third kappa shape index (κ3) is 8.54. The van der Waals surface area contributed by atoms with Crippen molar-refractivity contribution in [2.45, 2.75) is 26.4 Å². The van der Waals surface area contributed by atoms with Crippen LogP contribution in [0.5, 0.6) is 5.75 Å². The molecule has 4 N–H and O–H groups in total. The van der Waals surface area contributed by atoms with Crippen molar-refractivity contribution in [2.75, 3.05) is 18.3 Å².